The van der Waals surface area contributed by atoms with Gasteiger partial charge in [-0.15, -0.1) is 0 Å². The summed E-state index contributed by atoms with van der Waals surface area (Å²) in [4.78, 5) is 52.9. The number of fused-ring (bicyclic) bond motifs is 5. The second-order valence-electron chi connectivity index (χ2n) is 15.6. The van der Waals surface area contributed by atoms with Crippen LogP contribution in [0.15, 0.2) is 23.3 Å². The number of hydrogen-bond acceptors (Lipinski definition) is 9. The number of allylic oxidation sites excluding steroid dienone is 1. The predicted octanol–water partition coefficient (Wildman–Crippen LogP) is 3.79. The van der Waals surface area contributed by atoms with Gasteiger partial charge in [-0.1, -0.05) is 38.0 Å². The number of Topliss-reactive ketones (excluding diaryl/α,β-unsaturated/α-hetero) is 1. The molecule has 5 aliphatic rings. The third kappa shape index (κ3) is 5.09. The first-order chi connectivity index (χ1) is 21.3. The van der Waals surface area contributed by atoms with Crippen LogP contribution in [0.2, 0.25) is 0 Å². The maximum Gasteiger partial charge on any atom is 0.330 e. The van der Waals surface area contributed by atoms with Crippen LogP contribution in [0.1, 0.15) is 106 Å². The summed E-state index contributed by atoms with van der Waals surface area (Å²) >= 11 is 0. The molecule has 5 rings (SSSR count). The number of hydrogen-bond donors (Lipinski definition) is 3. The van der Waals surface area contributed by atoms with E-state index in [0.717, 1.165) is 11.1 Å². The molecule has 0 spiro atoms. The molecular formula is C36H53NO9. The van der Waals surface area contributed by atoms with E-state index in [4.69, 9.17) is 9.47 Å². The van der Waals surface area contributed by atoms with Gasteiger partial charge in [-0.2, -0.15) is 0 Å². The second kappa shape index (κ2) is 11.8. The number of carbonyl (C=O) groups is 4. The molecule has 0 unspecified atom stereocenters. The lowest BCUT2D eigenvalue weighted by molar-refractivity contribution is -0.314. The van der Waals surface area contributed by atoms with Gasteiger partial charge in [0.1, 0.15) is 29.0 Å². The average Bonchev–Trinajstić information content (AvgIpc) is 3.22. The zero-order valence-electron chi connectivity index (χ0n) is 28.6. The summed E-state index contributed by atoms with van der Waals surface area (Å²) in [6, 6.07) is 0. The summed E-state index contributed by atoms with van der Waals surface area (Å²) in [5, 5.41) is 37.2. The van der Waals surface area contributed by atoms with Crippen molar-refractivity contribution in [1.29, 1.82) is 0 Å². The minimum absolute atomic E-state index is 0.0120. The van der Waals surface area contributed by atoms with E-state index in [2.05, 4.69) is 6.92 Å². The molecule has 0 aromatic rings. The van der Waals surface area contributed by atoms with Crippen LogP contribution >= 0.6 is 0 Å². The van der Waals surface area contributed by atoms with Crippen LogP contribution < -0.4 is 0 Å². The molecule has 4 fully saturated rings. The van der Waals surface area contributed by atoms with Crippen LogP contribution in [0.5, 0.6) is 0 Å². The molecule has 46 heavy (non-hydrogen) atoms. The van der Waals surface area contributed by atoms with Gasteiger partial charge in [-0.3, -0.25) is 14.4 Å². The number of ether oxygens (including phenoxy) is 2. The van der Waals surface area contributed by atoms with Crippen molar-refractivity contribution >= 4 is 23.6 Å². The van der Waals surface area contributed by atoms with Crippen LogP contribution in [0.3, 0.4) is 0 Å². The number of nitrogens with zero attached hydrogens (tertiary/aromatic N) is 1. The lowest BCUT2D eigenvalue weighted by atomic mass is 9.42. The number of likely N-dealkylation sites (tertiary alicyclic amines) is 1. The monoisotopic (exact) mass is 643 g/mol. The van der Waals surface area contributed by atoms with E-state index in [1.54, 1.807) is 11.8 Å². The molecule has 0 bridgehead atoms. The van der Waals surface area contributed by atoms with Crippen molar-refractivity contribution in [3.05, 3.63) is 23.3 Å². The lowest BCUT2D eigenvalue weighted by Gasteiger charge is -2.67. The Morgan fingerprint density at radius 3 is 2.20 bits per heavy atom. The minimum Gasteiger partial charge on any atom is -0.462 e. The minimum atomic E-state index is -2.00. The number of rotatable bonds is 6. The Morgan fingerprint density at radius 1 is 0.957 bits per heavy atom. The Kier molecular flexibility index (Phi) is 8.95. The first kappa shape index (κ1) is 34.8. The number of aliphatic hydroxyl groups is 3. The highest BCUT2D eigenvalue weighted by atomic mass is 16.6. The topological polar surface area (TPSA) is 151 Å². The molecule has 0 aromatic carbocycles. The van der Waals surface area contributed by atoms with E-state index < -0.39 is 51.4 Å². The maximum atomic E-state index is 13.3. The van der Waals surface area contributed by atoms with Gasteiger partial charge < -0.3 is 29.7 Å². The van der Waals surface area contributed by atoms with Crippen molar-refractivity contribution in [2.24, 2.45) is 28.6 Å². The summed E-state index contributed by atoms with van der Waals surface area (Å²) in [5.74, 6) is -2.05. The summed E-state index contributed by atoms with van der Waals surface area (Å²) in [5.41, 5.74) is -6.02. The highest BCUT2D eigenvalue weighted by Crippen LogP contribution is 2.71. The molecule has 8 atom stereocenters. The van der Waals surface area contributed by atoms with Gasteiger partial charge in [0, 0.05) is 38.4 Å². The SMILES string of the molecule is CC(=O)N1CCC(C(=O)O[C@H]2CC[C@@]3(C)C(=CC[C@]4(O)[C@@H]3C[C@@H](OC(=O)/C=C(\C)C(C)C)[C@@]3(C)[C@]4(O)CC[C@@]3(O)C(C)=O)C2)CC1. The van der Waals surface area contributed by atoms with Crippen molar-refractivity contribution in [2.45, 2.75) is 135 Å². The number of ketones is 1. The standard InChI is InChI=1S/C36H53NO9/c1-21(2)22(3)18-30(40)46-29-20-28-32(6)12-9-27(45-31(41)25-10-16-37(17-11-25)24(5)39)19-26(32)8-13-35(28,43)36(44)15-14-34(42,23(4)38)33(29,36)7/h8,18,21,25,27-29,42-44H,9-17,19-20H2,1-7H3/b22-18+/t27-,28+,29+,32-,33+,34+,35-,36+/m0/s1. The zero-order chi connectivity index (χ0) is 34.0. The normalized spacial score (nSPS) is 41.2. The first-order valence-electron chi connectivity index (χ1n) is 17.1. The Balaban J connectivity index is 1.43. The highest BCUT2D eigenvalue weighted by molar-refractivity contribution is 5.87. The van der Waals surface area contributed by atoms with Crippen LogP contribution in [0.25, 0.3) is 0 Å². The Labute approximate surface area is 272 Å². The van der Waals surface area contributed by atoms with E-state index >= 15 is 0 Å². The Bertz CT molecular complexity index is 1350. The van der Waals surface area contributed by atoms with E-state index in [1.807, 2.05) is 26.8 Å². The van der Waals surface area contributed by atoms with Crippen molar-refractivity contribution < 1.29 is 44.0 Å². The highest BCUT2D eigenvalue weighted by Gasteiger charge is 2.81. The van der Waals surface area contributed by atoms with Crippen LogP contribution in [-0.4, -0.2) is 85.9 Å². The number of amides is 1. The molecular weight excluding hydrogens is 590 g/mol. The van der Waals surface area contributed by atoms with Gasteiger partial charge in [-0.25, -0.2) is 4.79 Å². The largest absolute Gasteiger partial charge is 0.462 e. The van der Waals surface area contributed by atoms with Gasteiger partial charge in [0.2, 0.25) is 5.91 Å². The molecule has 10 heteroatoms. The van der Waals surface area contributed by atoms with E-state index in [0.29, 0.717) is 45.2 Å². The van der Waals surface area contributed by atoms with Gasteiger partial charge in [-0.05, 0) is 83.5 Å². The van der Waals surface area contributed by atoms with Crippen molar-refractivity contribution in [3.8, 4) is 0 Å². The molecule has 3 N–H and O–H groups in total. The van der Waals surface area contributed by atoms with Crippen molar-refractivity contribution in [1.82, 2.24) is 4.90 Å². The van der Waals surface area contributed by atoms with Gasteiger partial charge >= 0.3 is 11.9 Å². The summed E-state index contributed by atoms with van der Waals surface area (Å²) in [7, 11) is 0. The fourth-order valence-corrected chi connectivity index (χ4v) is 9.67. The van der Waals surface area contributed by atoms with Crippen LogP contribution in [0.4, 0.5) is 0 Å². The van der Waals surface area contributed by atoms with Crippen molar-refractivity contribution in [2.75, 3.05) is 13.1 Å². The molecule has 1 aliphatic heterocycles. The third-order valence-corrected chi connectivity index (χ3v) is 13.2. The van der Waals surface area contributed by atoms with Crippen LogP contribution in [0, 0.1) is 28.6 Å². The molecule has 256 valence electrons. The van der Waals surface area contributed by atoms with E-state index in [9.17, 15) is 34.5 Å². The maximum absolute atomic E-state index is 13.3. The van der Waals surface area contributed by atoms with Gasteiger partial charge in [0.15, 0.2) is 5.78 Å². The number of piperidine rings is 1. The van der Waals surface area contributed by atoms with E-state index in [1.165, 1.54) is 19.9 Å². The summed E-state index contributed by atoms with van der Waals surface area (Å²) < 4.78 is 12.1. The molecule has 0 radical (unpaired) electrons. The molecule has 3 saturated carbocycles. The molecule has 4 aliphatic carbocycles. The third-order valence-electron chi connectivity index (χ3n) is 13.2. The second-order valence-corrected chi connectivity index (χ2v) is 15.6. The smallest absolute Gasteiger partial charge is 0.330 e. The van der Waals surface area contributed by atoms with Crippen LogP contribution in [-0.2, 0) is 28.7 Å². The fourth-order valence-electron chi connectivity index (χ4n) is 9.67. The first-order valence-corrected chi connectivity index (χ1v) is 17.1. The van der Waals surface area contributed by atoms with E-state index in [-0.39, 0.29) is 55.5 Å². The Hall–Kier alpha value is -2.56. The number of esters is 2. The average molecular weight is 644 g/mol. The van der Waals surface area contributed by atoms with Crippen molar-refractivity contribution in [3.63, 3.8) is 0 Å². The summed E-state index contributed by atoms with van der Waals surface area (Å²) in [6.07, 6.45) is 4.96. The fraction of sp³-hybridized carbons (Fsp3) is 0.778. The predicted molar refractivity (Wildman–Crippen MR) is 169 cm³/mol. The molecule has 1 amide bonds. The molecule has 1 heterocycles. The summed E-state index contributed by atoms with van der Waals surface area (Å²) in [6.45, 7) is 13.3. The molecule has 0 aromatic heterocycles. The number of carbonyl (C=O) groups excluding carboxylic acids is 4. The molecule has 10 nitrogen and oxygen atoms in total. The lowest BCUT2D eigenvalue weighted by Crippen LogP contribution is -2.78. The molecule has 1 saturated heterocycles. The van der Waals surface area contributed by atoms with Gasteiger partial charge in [0.25, 0.3) is 0 Å². The van der Waals surface area contributed by atoms with Gasteiger partial charge in [0.05, 0.1) is 11.3 Å². The quantitative estimate of drug-likeness (QED) is 0.223. The Morgan fingerprint density at radius 2 is 1.61 bits per heavy atom. The zero-order valence-corrected chi connectivity index (χ0v) is 28.6.